The molecule has 1 aliphatic heterocycles. The second-order valence-corrected chi connectivity index (χ2v) is 5.22. The van der Waals surface area contributed by atoms with Crippen molar-refractivity contribution in [1.29, 1.82) is 0 Å². The third-order valence-corrected chi connectivity index (χ3v) is 3.03. The van der Waals surface area contributed by atoms with E-state index in [1.807, 2.05) is 0 Å². The number of halogens is 1. The van der Waals surface area contributed by atoms with Crippen LogP contribution in [0, 0.1) is 0 Å². The molecule has 1 aliphatic rings. The third-order valence-electron chi connectivity index (χ3n) is 3.03. The van der Waals surface area contributed by atoms with Crippen LogP contribution in [0.2, 0.25) is 0 Å². The van der Waals surface area contributed by atoms with Crippen LogP contribution in [0.15, 0.2) is 4.99 Å². The van der Waals surface area contributed by atoms with Crippen LogP contribution in [0.4, 0.5) is 0 Å². The van der Waals surface area contributed by atoms with Gasteiger partial charge in [-0.3, -0.25) is 9.89 Å². The summed E-state index contributed by atoms with van der Waals surface area (Å²) in [5, 5.41) is 6.60. The van der Waals surface area contributed by atoms with E-state index in [0.29, 0.717) is 6.04 Å². The SMILES string of the molecule is CCNC(=NCCCCN1CCOCC1)NC(C)C.I. The highest BCUT2D eigenvalue weighted by molar-refractivity contribution is 14.0. The molecule has 0 radical (unpaired) electrons. The highest BCUT2D eigenvalue weighted by Crippen LogP contribution is 2.00. The largest absolute Gasteiger partial charge is 0.379 e. The predicted molar refractivity (Wildman–Crippen MR) is 96.2 cm³/mol. The molecule has 2 N–H and O–H groups in total. The highest BCUT2D eigenvalue weighted by Gasteiger charge is 2.08. The quantitative estimate of drug-likeness (QED) is 0.297. The van der Waals surface area contributed by atoms with Gasteiger partial charge in [0.05, 0.1) is 13.2 Å². The van der Waals surface area contributed by atoms with E-state index >= 15 is 0 Å². The molecule has 0 amide bonds. The van der Waals surface area contributed by atoms with Gasteiger partial charge in [-0.05, 0) is 40.2 Å². The third kappa shape index (κ3) is 9.77. The molecule has 1 rings (SSSR count). The number of hydrogen-bond donors (Lipinski definition) is 2. The minimum Gasteiger partial charge on any atom is -0.379 e. The van der Waals surface area contributed by atoms with Gasteiger partial charge in [0.2, 0.25) is 0 Å². The Balaban J connectivity index is 0.00000361. The molecule has 1 fully saturated rings. The number of nitrogens with one attached hydrogen (secondary N) is 2. The average molecular weight is 398 g/mol. The standard InChI is InChI=1S/C14H30N4O.HI/c1-4-15-14(17-13(2)3)16-7-5-6-8-18-9-11-19-12-10-18;/h13H,4-12H2,1-3H3,(H2,15,16,17);1H. The molecule has 0 spiro atoms. The fourth-order valence-electron chi connectivity index (χ4n) is 2.06. The lowest BCUT2D eigenvalue weighted by molar-refractivity contribution is 0.0373. The number of ether oxygens (including phenoxy) is 1. The smallest absolute Gasteiger partial charge is 0.191 e. The van der Waals surface area contributed by atoms with E-state index < -0.39 is 0 Å². The highest BCUT2D eigenvalue weighted by atomic mass is 127. The van der Waals surface area contributed by atoms with Crippen molar-refractivity contribution in [3.8, 4) is 0 Å². The number of morpholine rings is 1. The summed E-state index contributed by atoms with van der Waals surface area (Å²) in [5.41, 5.74) is 0. The first-order valence-electron chi connectivity index (χ1n) is 7.57. The summed E-state index contributed by atoms with van der Waals surface area (Å²) in [5.74, 6) is 0.934. The lowest BCUT2D eigenvalue weighted by Crippen LogP contribution is -2.41. The Morgan fingerprint density at radius 3 is 2.55 bits per heavy atom. The van der Waals surface area contributed by atoms with Crippen LogP contribution in [0.5, 0.6) is 0 Å². The molecule has 1 saturated heterocycles. The topological polar surface area (TPSA) is 48.9 Å². The Bertz CT molecular complexity index is 256. The number of unbranched alkanes of at least 4 members (excludes halogenated alkanes) is 1. The molecule has 0 unspecified atom stereocenters. The Kier molecular flexibility index (Phi) is 12.6. The van der Waals surface area contributed by atoms with E-state index in [1.54, 1.807) is 0 Å². The molecule has 0 aromatic heterocycles. The first kappa shape index (κ1) is 19.9. The second kappa shape index (κ2) is 12.6. The van der Waals surface area contributed by atoms with E-state index in [-0.39, 0.29) is 24.0 Å². The van der Waals surface area contributed by atoms with Crippen molar-refractivity contribution < 1.29 is 4.74 Å². The van der Waals surface area contributed by atoms with E-state index in [0.717, 1.165) is 51.8 Å². The van der Waals surface area contributed by atoms with Gasteiger partial charge in [0, 0.05) is 32.2 Å². The lowest BCUT2D eigenvalue weighted by atomic mass is 10.3. The minimum absolute atomic E-state index is 0. The van der Waals surface area contributed by atoms with Crippen LogP contribution in [0.1, 0.15) is 33.6 Å². The molecular weight excluding hydrogens is 367 g/mol. The van der Waals surface area contributed by atoms with Gasteiger partial charge in [-0.2, -0.15) is 0 Å². The van der Waals surface area contributed by atoms with Crippen molar-refractivity contribution >= 4 is 29.9 Å². The lowest BCUT2D eigenvalue weighted by Gasteiger charge is -2.26. The van der Waals surface area contributed by atoms with Crippen molar-refractivity contribution in [2.75, 3.05) is 45.9 Å². The van der Waals surface area contributed by atoms with Crippen molar-refractivity contribution in [2.24, 2.45) is 4.99 Å². The minimum atomic E-state index is 0. The molecular formula is C14H31IN4O. The van der Waals surface area contributed by atoms with Gasteiger partial charge in [-0.25, -0.2) is 0 Å². The van der Waals surface area contributed by atoms with Crippen LogP contribution in [0.25, 0.3) is 0 Å². The first-order chi connectivity index (χ1) is 9.22. The zero-order chi connectivity index (χ0) is 13.9. The maximum Gasteiger partial charge on any atom is 0.191 e. The summed E-state index contributed by atoms with van der Waals surface area (Å²) in [7, 11) is 0. The van der Waals surface area contributed by atoms with Crippen molar-refractivity contribution in [1.82, 2.24) is 15.5 Å². The fourth-order valence-corrected chi connectivity index (χ4v) is 2.06. The average Bonchev–Trinajstić information content (AvgIpc) is 2.39. The maximum absolute atomic E-state index is 5.34. The zero-order valence-electron chi connectivity index (χ0n) is 13.2. The van der Waals surface area contributed by atoms with Gasteiger partial charge < -0.3 is 15.4 Å². The van der Waals surface area contributed by atoms with Gasteiger partial charge in [0.1, 0.15) is 0 Å². The fraction of sp³-hybridized carbons (Fsp3) is 0.929. The summed E-state index contributed by atoms with van der Waals surface area (Å²) in [6.07, 6.45) is 2.36. The molecule has 0 aromatic carbocycles. The van der Waals surface area contributed by atoms with E-state index in [2.05, 4.69) is 41.3 Å². The summed E-state index contributed by atoms with van der Waals surface area (Å²) >= 11 is 0. The predicted octanol–water partition coefficient (Wildman–Crippen LogP) is 1.68. The van der Waals surface area contributed by atoms with E-state index in [1.165, 1.54) is 13.0 Å². The van der Waals surface area contributed by atoms with Gasteiger partial charge in [-0.15, -0.1) is 24.0 Å². The Hall–Kier alpha value is -0.0800. The van der Waals surface area contributed by atoms with Gasteiger partial charge in [-0.1, -0.05) is 0 Å². The summed E-state index contributed by atoms with van der Waals surface area (Å²) in [6, 6.07) is 0.422. The monoisotopic (exact) mass is 398 g/mol. The van der Waals surface area contributed by atoms with Crippen molar-refractivity contribution in [2.45, 2.75) is 39.7 Å². The molecule has 0 atom stereocenters. The number of nitrogens with zero attached hydrogens (tertiary/aromatic N) is 2. The Morgan fingerprint density at radius 1 is 1.25 bits per heavy atom. The maximum atomic E-state index is 5.34. The number of aliphatic imine (C=N–C) groups is 1. The van der Waals surface area contributed by atoms with Crippen molar-refractivity contribution in [3.05, 3.63) is 0 Å². The molecule has 1 heterocycles. The number of hydrogen-bond acceptors (Lipinski definition) is 3. The first-order valence-corrected chi connectivity index (χ1v) is 7.57. The summed E-state index contributed by atoms with van der Waals surface area (Å²) < 4.78 is 5.34. The van der Waals surface area contributed by atoms with Crippen LogP contribution >= 0.6 is 24.0 Å². The number of guanidine groups is 1. The van der Waals surface area contributed by atoms with Gasteiger partial charge in [0.15, 0.2) is 5.96 Å². The summed E-state index contributed by atoms with van der Waals surface area (Å²) in [6.45, 7) is 13.3. The molecule has 0 bridgehead atoms. The van der Waals surface area contributed by atoms with E-state index in [9.17, 15) is 0 Å². The molecule has 0 aromatic rings. The molecule has 0 saturated carbocycles. The van der Waals surface area contributed by atoms with Crippen LogP contribution in [-0.2, 0) is 4.74 Å². The molecule has 5 nitrogen and oxygen atoms in total. The van der Waals surface area contributed by atoms with Crippen LogP contribution < -0.4 is 10.6 Å². The van der Waals surface area contributed by atoms with E-state index in [4.69, 9.17) is 4.74 Å². The van der Waals surface area contributed by atoms with Gasteiger partial charge in [0.25, 0.3) is 0 Å². The molecule has 6 heteroatoms. The molecule has 20 heavy (non-hydrogen) atoms. The van der Waals surface area contributed by atoms with Crippen LogP contribution in [0.3, 0.4) is 0 Å². The summed E-state index contributed by atoms with van der Waals surface area (Å²) in [4.78, 5) is 7.06. The second-order valence-electron chi connectivity index (χ2n) is 5.22. The zero-order valence-corrected chi connectivity index (χ0v) is 15.5. The number of rotatable bonds is 7. The Morgan fingerprint density at radius 2 is 1.95 bits per heavy atom. The van der Waals surface area contributed by atoms with Gasteiger partial charge >= 0.3 is 0 Å². The van der Waals surface area contributed by atoms with Crippen molar-refractivity contribution in [3.63, 3.8) is 0 Å². The van der Waals surface area contributed by atoms with Crippen LogP contribution in [-0.4, -0.2) is 62.8 Å². The Labute approximate surface area is 140 Å². The molecule has 120 valence electrons. The molecule has 0 aliphatic carbocycles. The normalized spacial score (nSPS) is 16.9.